The normalized spacial score (nSPS) is 13.0. The Kier molecular flexibility index (Phi) is 5.39. The van der Waals surface area contributed by atoms with Crippen molar-refractivity contribution >= 4 is 21.4 Å². The number of hydrogen-bond acceptors (Lipinski definition) is 3. The van der Waals surface area contributed by atoms with E-state index in [0.29, 0.717) is 18.0 Å². The summed E-state index contributed by atoms with van der Waals surface area (Å²) in [6.07, 6.45) is 0.417. The number of halogens is 1. The maximum Gasteiger partial charge on any atom is 0.161 e. The van der Waals surface area contributed by atoms with Gasteiger partial charge in [0.15, 0.2) is 9.84 Å². The third-order valence-electron chi connectivity index (χ3n) is 3.31. The van der Waals surface area contributed by atoms with Crippen LogP contribution in [0.3, 0.4) is 0 Å². The lowest BCUT2D eigenvalue weighted by atomic mass is 10.1. The molecule has 2 aromatic carbocycles. The van der Waals surface area contributed by atoms with Gasteiger partial charge in [0, 0.05) is 5.02 Å². The Bertz CT molecular complexity index is 669. The molecule has 5 heteroatoms. The summed E-state index contributed by atoms with van der Waals surface area (Å²) in [6.45, 7) is 0.333. The average Bonchev–Trinajstić information content (AvgIpc) is 2.48. The first-order chi connectivity index (χ1) is 10.0. The van der Waals surface area contributed by atoms with Crippen molar-refractivity contribution in [3.8, 4) is 0 Å². The predicted octanol–water partition coefficient (Wildman–Crippen LogP) is 3.34. The fourth-order valence-electron chi connectivity index (χ4n) is 2.29. The molecule has 1 atom stereocenters. The maximum absolute atomic E-state index is 12.7. The van der Waals surface area contributed by atoms with E-state index in [2.05, 4.69) is 0 Å². The molecule has 1 unspecified atom stereocenters. The van der Waals surface area contributed by atoms with Gasteiger partial charge in [0.05, 0.1) is 11.0 Å². The number of sulfone groups is 1. The van der Waals surface area contributed by atoms with Gasteiger partial charge < -0.3 is 5.73 Å². The van der Waals surface area contributed by atoms with Gasteiger partial charge in [-0.1, -0.05) is 54.1 Å². The fourth-order valence-corrected chi connectivity index (χ4v) is 4.34. The van der Waals surface area contributed by atoms with Crippen molar-refractivity contribution in [2.24, 2.45) is 5.73 Å². The Hall–Kier alpha value is -1.36. The van der Waals surface area contributed by atoms with Crippen LogP contribution in [0.15, 0.2) is 54.6 Å². The lowest BCUT2D eigenvalue weighted by Gasteiger charge is -2.17. The highest BCUT2D eigenvalue weighted by Gasteiger charge is 2.26. The first-order valence-electron chi connectivity index (χ1n) is 6.74. The molecule has 112 valence electrons. The van der Waals surface area contributed by atoms with Crippen LogP contribution in [0.2, 0.25) is 5.02 Å². The van der Waals surface area contributed by atoms with Gasteiger partial charge in [-0.05, 0) is 36.2 Å². The Morgan fingerprint density at radius 2 is 1.62 bits per heavy atom. The Morgan fingerprint density at radius 3 is 2.19 bits per heavy atom. The highest BCUT2D eigenvalue weighted by atomic mass is 35.5. The highest BCUT2D eigenvalue weighted by Crippen LogP contribution is 2.28. The van der Waals surface area contributed by atoms with E-state index < -0.39 is 15.1 Å². The second kappa shape index (κ2) is 7.07. The Labute approximate surface area is 130 Å². The van der Waals surface area contributed by atoms with Gasteiger partial charge in [0.2, 0.25) is 0 Å². The third-order valence-corrected chi connectivity index (χ3v) is 5.68. The molecule has 0 aromatic heterocycles. The van der Waals surface area contributed by atoms with Crippen molar-refractivity contribution in [1.29, 1.82) is 0 Å². The third kappa shape index (κ3) is 4.30. The number of benzene rings is 2. The first kappa shape index (κ1) is 16.0. The number of nitrogens with two attached hydrogens (primary N) is 1. The van der Waals surface area contributed by atoms with Crippen molar-refractivity contribution < 1.29 is 8.42 Å². The molecule has 2 N–H and O–H groups in total. The quantitative estimate of drug-likeness (QED) is 0.886. The van der Waals surface area contributed by atoms with Gasteiger partial charge in [-0.3, -0.25) is 0 Å². The molecule has 2 rings (SSSR count). The molecule has 0 aliphatic carbocycles. The first-order valence-corrected chi connectivity index (χ1v) is 8.83. The maximum atomic E-state index is 12.7. The molecule has 0 radical (unpaired) electrons. The van der Waals surface area contributed by atoms with Crippen LogP contribution in [-0.4, -0.2) is 15.0 Å². The van der Waals surface area contributed by atoms with E-state index in [1.807, 2.05) is 30.3 Å². The van der Waals surface area contributed by atoms with Gasteiger partial charge in [0.1, 0.15) is 0 Å². The minimum absolute atomic E-state index is 0.0102. The van der Waals surface area contributed by atoms with Crippen LogP contribution in [0.1, 0.15) is 22.8 Å². The minimum atomic E-state index is -3.33. The lowest BCUT2D eigenvalue weighted by Crippen LogP contribution is -2.19. The molecule has 0 aliphatic rings. The summed E-state index contributed by atoms with van der Waals surface area (Å²) in [5, 5.41) is 0.0251. The predicted molar refractivity (Wildman–Crippen MR) is 86.9 cm³/mol. The summed E-state index contributed by atoms with van der Waals surface area (Å²) < 4.78 is 25.4. The molecule has 0 fully saturated rings. The van der Waals surface area contributed by atoms with Crippen LogP contribution >= 0.6 is 11.6 Å². The zero-order chi connectivity index (χ0) is 15.3. The van der Waals surface area contributed by atoms with Gasteiger partial charge in [-0.15, -0.1) is 0 Å². The van der Waals surface area contributed by atoms with Crippen LogP contribution in [-0.2, 0) is 15.6 Å². The summed E-state index contributed by atoms with van der Waals surface area (Å²) in [5.41, 5.74) is 7.12. The van der Waals surface area contributed by atoms with Gasteiger partial charge in [-0.2, -0.15) is 0 Å². The van der Waals surface area contributed by atoms with Crippen LogP contribution in [0.4, 0.5) is 0 Å². The molecular formula is C16H18ClNO2S. The van der Waals surface area contributed by atoms with Crippen molar-refractivity contribution in [1.82, 2.24) is 0 Å². The number of rotatable bonds is 6. The molecule has 0 aliphatic heterocycles. The van der Waals surface area contributed by atoms with Crippen molar-refractivity contribution in [2.45, 2.75) is 17.4 Å². The van der Waals surface area contributed by atoms with Crippen molar-refractivity contribution in [2.75, 3.05) is 6.54 Å². The SMILES string of the molecule is NCCC(c1ccccc1)S(=O)(=O)Cc1ccc(Cl)cc1. The summed E-state index contributed by atoms with van der Waals surface area (Å²) in [6, 6.07) is 16.1. The summed E-state index contributed by atoms with van der Waals surface area (Å²) >= 11 is 5.83. The second-order valence-electron chi connectivity index (χ2n) is 4.91. The molecule has 0 heterocycles. The lowest BCUT2D eigenvalue weighted by molar-refractivity contribution is 0.575. The average molecular weight is 324 g/mol. The van der Waals surface area contributed by atoms with E-state index in [1.165, 1.54) is 0 Å². The molecule has 2 aromatic rings. The summed E-state index contributed by atoms with van der Waals surface area (Å²) in [5.74, 6) is -0.0102. The highest BCUT2D eigenvalue weighted by molar-refractivity contribution is 7.90. The molecule has 0 bridgehead atoms. The topological polar surface area (TPSA) is 60.2 Å². The smallest absolute Gasteiger partial charge is 0.161 e. The zero-order valence-electron chi connectivity index (χ0n) is 11.6. The van der Waals surface area contributed by atoms with Crippen molar-refractivity contribution in [3.05, 3.63) is 70.7 Å². The van der Waals surface area contributed by atoms with E-state index in [0.717, 1.165) is 11.1 Å². The van der Waals surface area contributed by atoms with E-state index in [4.69, 9.17) is 17.3 Å². The fraction of sp³-hybridized carbons (Fsp3) is 0.250. The molecule has 0 saturated carbocycles. The molecule has 0 amide bonds. The van der Waals surface area contributed by atoms with Gasteiger partial charge in [0.25, 0.3) is 0 Å². The monoisotopic (exact) mass is 323 g/mol. The van der Waals surface area contributed by atoms with E-state index in [1.54, 1.807) is 24.3 Å². The van der Waals surface area contributed by atoms with Gasteiger partial charge >= 0.3 is 0 Å². The standard InChI is InChI=1S/C16H18ClNO2S/c17-15-8-6-13(7-9-15)12-21(19,20)16(10-11-18)14-4-2-1-3-5-14/h1-9,16H,10-12,18H2. The van der Waals surface area contributed by atoms with Crippen LogP contribution in [0, 0.1) is 0 Å². The molecule has 21 heavy (non-hydrogen) atoms. The minimum Gasteiger partial charge on any atom is -0.330 e. The summed E-state index contributed by atoms with van der Waals surface area (Å²) in [7, 11) is -3.33. The van der Waals surface area contributed by atoms with Crippen molar-refractivity contribution in [3.63, 3.8) is 0 Å². The molecular weight excluding hydrogens is 306 g/mol. The Morgan fingerprint density at radius 1 is 1.00 bits per heavy atom. The largest absolute Gasteiger partial charge is 0.330 e. The van der Waals surface area contributed by atoms with Gasteiger partial charge in [-0.25, -0.2) is 8.42 Å². The van der Waals surface area contributed by atoms with Crippen LogP contribution < -0.4 is 5.73 Å². The van der Waals surface area contributed by atoms with E-state index >= 15 is 0 Å². The molecule has 0 spiro atoms. The van der Waals surface area contributed by atoms with E-state index in [-0.39, 0.29) is 5.75 Å². The van der Waals surface area contributed by atoms with E-state index in [9.17, 15) is 8.42 Å². The van der Waals surface area contributed by atoms with Crippen LogP contribution in [0.5, 0.6) is 0 Å². The summed E-state index contributed by atoms with van der Waals surface area (Å²) in [4.78, 5) is 0. The second-order valence-corrected chi connectivity index (χ2v) is 7.53. The number of hydrogen-bond donors (Lipinski definition) is 1. The molecule has 3 nitrogen and oxygen atoms in total. The van der Waals surface area contributed by atoms with Crippen LogP contribution in [0.25, 0.3) is 0 Å². The molecule has 0 saturated heterocycles. The zero-order valence-corrected chi connectivity index (χ0v) is 13.1. The Balaban J connectivity index is 2.28.